The smallest absolute Gasteiger partial charge is 0.162 e. The summed E-state index contributed by atoms with van der Waals surface area (Å²) in [6.45, 7) is 3.20. The molecule has 0 saturated carbocycles. The molecule has 1 aromatic carbocycles. The van der Waals surface area contributed by atoms with Gasteiger partial charge in [-0.15, -0.1) is 0 Å². The maximum Gasteiger partial charge on any atom is 0.162 e. The Morgan fingerprint density at radius 3 is 2.44 bits per heavy atom. The quantitative estimate of drug-likeness (QED) is 0.861. The lowest BCUT2D eigenvalue weighted by Gasteiger charge is -2.18. The highest BCUT2D eigenvalue weighted by atomic mass is 16.5. The molecule has 18 heavy (non-hydrogen) atoms. The van der Waals surface area contributed by atoms with Gasteiger partial charge in [-0.2, -0.15) is 0 Å². The van der Waals surface area contributed by atoms with Crippen molar-refractivity contribution in [3.05, 3.63) is 12.1 Å². The fraction of sp³-hybridized carbons (Fsp3) is 0.571. The largest absolute Gasteiger partial charge is 0.493 e. The zero-order valence-electron chi connectivity index (χ0n) is 11.4. The van der Waals surface area contributed by atoms with Crippen LogP contribution < -0.4 is 20.1 Å². The standard InChI is InChI=1S/C14H22N2O2/c1-4-5-10-6-7-15-11-8-13(17-2)14(18-3)9-12(11)16-10/h8-10,15-16H,4-7H2,1-3H3. The number of rotatable bonds is 4. The Morgan fingerprint density at radius 2 is 1.83 bits per heavy atom. The molecule has 0 bridgehead atoms. The first-order valence-corrected chi connectivity index (χ1v) is 6.55. The van der Waals surface area contributed by atoms with Gasteiger partial charge < -0.3 is 20.1 Å². The van der Waals surface area contributed by atoms with Gasteiger partial charge in [0.05, 0.1) is 25.6 Å². The molecule has 4 heteroatoms. The average Bonchev–Trinajstić information content (AvgIpc) is 2.58. The molecule has 1 atom stereocenters. The molecular weight excluding hydrogens is 228 g/mol. The molecule has 2 rings (SSSR count). The summed E-state index contributed by atoms with van der Waals surface area (Å²) in [7, 11) is 3.33. The molecule has 2 N–H and O–H groups in total. The van der Waals surface area contributed by atoms with E-state index in [1.807, 2.05) is 12.1 Å². The van der Waals surface area contributed by atoms with E-state index in [-0.39, 0.29) is 0 Å². The summed E-state index contributed by atoms with van der Waals surface area (Å²) < 4.78 is 10.7. The van der Waals surface area contributed by atoms with Crippen LogP contribution in [0.2, 0.25) is 0 Å². The van der Waals surface area contributed by atoms with Crippen molar-refractivity contribution in [2.45, 2.75) is 32.2 Å². The molecule has 0 aromatic heterocycles. The third-order valence-electron chi connectivity index (χ3n) is 3.33. The summed E-state index contributed by atoms with van der Waals surface area (Å²) in [6, 6.07) is 4.53. The third-order valence-corrected chi connectivity index (χ3v) is 3.33. The van der Waals surface area contributed by atoms with Crippen molar-refractivity contribution in [2.24, 2.45) is 0 Å². The normalized spacial score (nSPS) is 18.1. The van der Waals surface area contributed by atoms with Crippen LogP contribution in [0.3, 0.4) is 0 Å². The zero-order valence-corrected chi connectivity index (χ0v) is 11.4. The van der Waals surface area contributed by atoms with Gasteiger partial charge in [0.2, 0.25) is 0 Å². The molecule has 1 heterocycles. The van der Waals surface area contributed by atoms with E-state index in [9.17, 15) is 0 Å². The van der Waals surface area contributed by atoms with Crippen LogP contribution in [0, 0.1) is 0 Å². The lowest BCUT2D eigenvalue weighted by atomic mass is 10.1. The van der Waals surface area contributed by atoms with Gasteiger partial charge in [0.15, 0.2) is 11.5 Å². The summed E-state index contributed by atoms with van der Waals surface area (Å²) in [5, 5.41) is 7.03. The van der Waals surface area contributed by atoms with Gasteiger partial charge in [-0.25, -0.2) is 0 Å². The van der Waals surface area contributed by atoms with E-state index in [0.29, 0.717) is 6.04 Å². The molecule has 0 amide bonds. The molecule has 1 aliphatic rings. The fourth-order valence-corrected chi connectivity index (χ4v) is 2.38. The lowest BCUT2D eigenvalue weighted by molar-refractivity contribution is 0.355. The summed E-state index contributed by atoms with van der Waals surface area (Å²) in [5.41, 5.74) is 2.19. The van der Waals surface area contributed by atoms with E-state index < -0.39 is 0 Å². The maximum atomic E-state index is 5.35. The van der Waals surface area contributed by atoms with Crippen molar-refractivity contribution in [3.8, 4) is 11.5 Å². The highest BCUT2D eigenvalue weighted by Crippen LogP contribution is 2.38. The van der Waals surface area contributed by atoms with Crippen molar-refractivity contribution in [2.75, 3.05) is 31.4 Å². The predicted molar refractivity (Wildman–Crippen MR) is 75.0 cm³/mol. The van der Waals surface area contributed by atoms with Crippen LogP contribution in [0.15, 0.2) is 12.1 Å². The molecule has 1 aliphatic heterocycles. The second-order valence-electron chi connectivity index (χ2n) is 4.60. The number of hydrogen-bond donors (Lipinski definition) is 2. The summed E-state index contributed by atoms with van der Waals surface area (Å²) in [6.07, 6.45) is 3.52. The van der Waals surface area contributed by atoms with E-state index in [0.717, 1.165) is 35.8 Å². The predicted octanol–water partition coefficient (Wildman–Crippen LogP) is 3.10. The summed E-state index contributed by atoms with van der Waals surface area (Å²) in [5.74, 6) is 1.53. The van der Waals surface area contributed by atoms with Gasteiger partial charge >= 0.3 is 0 Å². The maximum absolute atomic E-state index is 5.35. The molecule has 0 fully saturated rings. The Bertz CT molecular complexity index is 407. The second kappa shape index (κ2) is 5.85. The first-order chi connectivity index (χ1) is 8.78. The van der Waals surface area contributed by atoms with Crippen LogP contribution >= 0.6 is 0 Å². The number of methoxy groups -OCH3 is 2. The molecule has 4 nitrogen and oxygen atoms in total. The van der Waals surface area contributed by atoms with Gasteiger partial charge in [-0.1, -0.05) is 13.3 Å². The first-order valence-electron chi connectivity index (χ1n) is 6.55. The Kier molecular flexibility index (Phi) is 4.18. The van der Waals surface area contributed by atoms with E-state index in [1.54, 1.807) is 14.2 Å². The number of ether oxygens (including phenoxy) is 2. The Morgan fingerprint density at radius 1 is 1.17 bits per heavy atom. The molecule has 0 aliphatic carbocycles. The van der Waals surface area contributed by atoms with E-state index >= 15 is 0 Å². The first kappa shape index (κ1) is 12.9. The number of hydrogen-bond acceptors (Lipinski definition) is 4. The van der Waals surface area contributed by atoms with Crippen molar-refractivity contribution in [1.29, 1.82) is 0 Å². The monoisotopic (exact) mass is 250 g/mol. The van der Waals surface area contributed by atoms with Gasteiger partial charge in [-0.05, 0) is 12.8 Å². The van der Waals surface area contributed by atoms with E-state index in [1.165, 1.54) is 12.8 Å². The summed E-state index contributed by atoms with van der Waals surface area (Å²) in [4.78, 5) is 0. The van der Waals surface area contributed by atoms with Crippen molar-refractivity contribution < 1.29 is 9.47 Å². The zero-order chi connectivity index (χ0) is 13.0. The van der Waals surface area contributed by atoms with Crippen molar-refractivity contribution in [3.63, 3.8) is 0 Å². The van der Waals surface area contributed by atoms with Gasteiger partial charge in [0.25, 0.3) is 0 Å². The van der Waals surface area contributed by atoms with Crippen LogP contribution in [-0.4, -0.2) is 26.8 Å². The molecule has 0 spiro atoms. The average molecular weight is 250 g/mol. The SMILES string of the molecule is CCCC1CCNc2cc(OC)c(OC)cc2N1. The molecule has 0 saturated heterocycles. The Balaban J connectivity index is 2.29. The van der Waals surface area contributed by atoms with Gasteiger partial charge in [0.1, 0.15) is 0 Å². The number of anilines is 2. The minimum Gasteiger partial charge on any atom is -0.493 e. The molecule has 1 unspecified atom stereocenters. The van der Waals surface area contributed by atoms with Gasteiger partial charge in [0, 0.05) is 24.7 Å². The van der Waals surface area contributed by atoms with Crippen molar-refractivity contribution in [1.82, 2.24) is 0 Å². The van der Waals surface area contributed by atoms with Crippen LogP contribution in [-0.2, 0) is 0 Å². The van der Waals surface area contributed by atoms with Crippen molar-refractivity contribution >= 4 is 11.4 Å². The number of fused-ring (bicyclic) bond motifs is 1. The highest BCUT2D eigenvalue weighted by molar-refractivity contribution is 5.75. The lowest BCUT2D eigenvalue weighted by Crippen LogP contribution is -2.19. The van der Waals surface area contributed by atoms with Gasteiger partial charge in [-0.3, -0.25) is 0 Å². The molecule has 100 valence electrons. The Labute approximate surface area is 109 Å². The van der Waals surface area contributed by atoms with Crippen LogP contribution in [0.1, 0.15) is 26.2 Å². The van der Waals surface area contributed by atoms with Crippen LogP contribution in [0.25, 0.3) is 0 Å². The molecule has 1 aromatic rings. The molecular formula is C14H22N2O2. The number of nitrogens with one attached hydrogen (secondary N) is 2. The topological polar surface area (TPSA) is 42.5 Å². The highest BCUT2D eigenvalue weighted by Gasteiger charge is 2.17. The van der Waals surface area contributed by atoms with Crippen LogP contribution in [0.4, 0.5) is 11.4 Å². The minimum absolute atomic E-state index is 0.529. The number of benzene rings is 1. The fourth-order valence-electron chi connectivity index (χ4n) is 2.38. The van der Waals surface area contributed by atoms with E-state index in [4.69, 9.17) is 9.47 Å². The summed E-state index contributed by atoms with van der Waals surface area (Å²) >= 11 is 0. The Hall–Kier alpha value is -1.58. The third kappa shape index (κ3) is 2.63. The minimum atomic E-state index is 0.529. The second-order valence-corrected chi connectivity index (χ2v) is 4.60. The van der Waals surface area contributed by atoms with Crippen LogP contribution in [0.5, 0.6) is 11.5 Å². The molecule has 0 radical (unpaired) electrons. The van der Waals surface area contributed by atoms with E-state index in [2.05, 4.69) is 17.6 Å².